The van der Waals surface area contributed by atoms with Crippen LogP contribution in [0.15, 0.2) is 48.5 Å². The van der Waals surface area contributed by atoms with Gasteiger partial charge in [-0.2, -0.15) is 0 Å². The van der Waals surface area contributed by atoms with Crippen LogP contribution in [0.2, 0.25) is 0 Å². The van der Waals surface area contributed by atoms with Crippen molar-refractivity contribution in [1.82, 2.24) is 10.2 Å². The molecule has 0 aliphatic carbocycles. The maximum atomic E-state index is 12.9. The molecule has 0 unspecified atom stereocenters. The number of hydrogen-bond donors (Lipinski definition) is 0. The van der Waals surface area contributed by atoms with Crippen molar-refractivity contribution in [3.05, 3.63) is 65.2 Å². The van der Waals surface area contributed by atoms with E-state index in [0.717, 1.165) is 16.1 Å². The molecular formula is C22H25N3OS. The van der Waals surface area contributed by atoms with Gasteiger partial charge in [0, 0.05) is 17.7 Å². The summed E-state index contributed by atoms with van der Waals surface area (Å²) in [6, 6.07) is 16.0. The fourth-order valence-corrected chi connectivity index (χ4v) is 3.68. The third kappa shape index (κ3) is 4.25. The Labute approximate surface area is 164 Å². The third-order valence-corrected chi connectivity index (χ3v) is 5.50. The minimum absolute atomic E-state index is 0.0525. The second-order valence-electron chi connectivity index (χ2n) is 7.63. The van der Waals surface area contributed by atoms with Crippen LogP contribution < -0.4 is 4.90 Å². The number of benzene rings is 2. The monoisotopic (exact) mass is 379 g/mol. The molecule has 140 valence electrons. The van der Waals surface area contributed by atoms with Crippen molar-refractivity contribution in [3.8, 4) is 10.6 Å². The van der Waals surface area contributed by atoms with Crippen molar-refractivity contribution in [2.45, 2.75) is 40.0 Å². The maximum absolute atomic E-state index is 12.9. The van der Waals surface area contributed by atoms with Crippen LogP contribution in [0.1, 0.15) is 49.2 Å². The Morgan fingerprint density at radius 3 is 2.19 bits per heavy atom. The molecule has 4 nitrogen and oxygen atoms in total. The molecule has 3 aromatic rings. The van der Waals surface area contributed by atoms with E-state index in [1.54, 1.807) is 4.90 Å². The normalized spacial score (nSPS) is 11.4. The number of aryl methyl sites for hydroxylation is 1. The van der Waals surface area contributed by atoms with Gasteiger partial charge in [-0.25, -0.2) is 0 Å². The molecule has 1 heterocycles. The van der Waals surface area contributed by atoms with Gasteiger partial charge < -0.3 is 0 Å². The number of aromatic nitrogens is 2. The van der Waals surface area contributed by atoms with E-state index in [4.69, 9.17) is 0 Å². The van der Waals surface area contributed by atoms with Crippen LogP contribution >= 0.6 is 11.3 Å². The lowest BCUT2D eigenvalue weighted by Crippen LogP contribution is -2.30. The molecule has 0 aliphatic rings. The molecule has 0 saturated carbocycles. The first-order chi connectivity index (χ1) is 12.8. The summed E-state index contributed by atoms with van der Waals surface area (Å²) < 4.78 is 0. The number of hydrogen-bond acceptors (Lipinski definition) is 4. The van der Waals surface area contributed by atoms with E-state index < -0.39 is 0 Å². The molecule has 0 fully saturated rings. The molecule has 0 spiro atoms. The zero-order valence-electron chi connectivity index (χ0n) is 16.5. The molecule has 5 heteroatoms. The number of carbonyl (C=O) groups is 1. The largest absolute Gasteiger partial charge is 0.283 e. The minimum Gasteiger partial charge on any atom is -0.283 e. The lowest BCUT2D eigenvalue weighted by atomic mass is 9.87. The van der Waals surface area contributed by atoms with Gasteiger partial charge in [-0.1, -0.05) is 74.1 Å². The highest BCUT2D eigenvalue weighted by Gasteiger charge is 2.21. The average molecular weight is 380 g/mol. The Morgan fingerprint density at radius 1 is 1.00 bits per heavy atom. The summed E-state index contributed by atoms with van der Waals surface area (Å²) in [7, 11) is 0. The summed E-state index contributed by atoms with van der Waals surface area (Å²) in [6.45, 7) is 11.1. The van der Waals surface area contributed by atoms with Crippen LogP contribution in [0, 0.1) is 6.92 Å². The van der Waals surface area contributed by atoms with Crippen molar-refractivity contribution in [2.24, 2.45) is 0 Å². The summed E-state index contributed by atoms with van der Waals surface area (Å²) in [4.78, 5) is 14.5. The number of carbonyl (C=O) groups excluding carboxylic acids is 1. The Hall–Kier alpha value is -2.53. The summed E-state index contributed by atoms with van der Waals surface area (Å²) in [6.07, 6.45) is 0. The molecular weight excluding hydrogens is 354 g/mol. The predicted octanol–water partition coefficient (Wildman–Crippen LogP) is 5.48. The Kier molecular flexibility index (Phi) is 5.42. The second-order valence-corrected chi connectivity index (χ2v) is 8.59. The van der Waals surface area contributed by atoms with Gasteiger partial charge in [-0.05, 0) is 37.0 Å². The molecule has 2 aromatic carbocycles. The molecule has 1 amide bonds. The molecule has 0 aliphatic heterocycles. The Bertz CT molecular complexity index is 921. The first kappa shape index (κ1) is 19.2. The van der Waals surface area contributed by atoms with Gasteiger partial charge in [0.2, 0.25) is 5.13 Å². The van der Waals surface area contributed by atoms with Crippen LogP contribution in [-0.4, -0.2) is 22.6 Å². The molecule has 0 bridgehead atoms. The van der Waals surface area contributed by atoms with Crippen molar-refractivity contribution in [1.29, 1.82) is 0 Å². The first-order valence-electron chi connectivity index (χ1n) is 9.12. The molecule has 0 radical (unpaired) electrons. The van der Waals surface area contributed by atoms with Crippen LogP contribution in [0.25, 0.3) is 10.6 Å². The number of amides is 1. The van der Waals surface area contributed by atoms with Crippen molar-refractivity contribution in [3.63, 3.8) is 0 Å². The molecule has 0 atom stereocenters. The molecule has 1 aromatic heterocycles. The second kappa shape index (κ2) is 7.61. The highest BCUT2D eigenvalue weighted by Crippen LogP contribution is 2.31. The van der Waals surface area contributed by atoms with Crippen LogP contribution in [-0.2, 0) is 5.41 Å². The quantitative estimate of drug-likeness (QED) is 0.603. The summed E-state index contributed by atoms with van der Waals surface area (Å²) in [5, 5.41) is 10.0. The van der Waals surface area contributed by atoms with Crippen molar-refractivity contribution >= 4 is 22.4 Å². The zero-order chi connectivity index (χ0) is 19.6. The van der Waals surface area contributed by atoms with E-state index in [-0.39, 0.29) is 11.3 Å². The molecule has 3 rings (SSSR count). The van der Waals surface area contributed by atoms with Crippen molar-refractivity contribution < 1.29 is 4.79 Å². The highest BCUT2D eigenvalue weighted by atomic mass is 32.1. The molecule has 0 N–H and O–H groups in total. The van der Waals surface area contributed by atoms with Crippen LogP contribution in [0.4, 0.5) is 5.13 Å². The maximum Gasteiger partial charge on any atom is 0.260 e. The standard InChI is InChI=1S/C22H25N3OS/c1-6-25(20(26)17-9-7-15(2)8-10-17)21-24-23-19(27-21)16-11-13-18(14-12-16)22(3,4)5/h7-14H,6H2,1-5H3. The minimum atomic E-state index is -0.0525. The van der Waals surface area contributed by atoms with Gasteiger partial charge in [-0.3, -0.25) is 9.69 Å². The fourth-order valence-electron chi connectivity index (χ4n) is 2.77. The molecule has 27 heavy (non-hydrogen) atoms. The third-order valence-electron chi connectivity index (χ3n) is 4.50. The first-order valence-corrected chi connectivity index (χ1v) is 9.94. The van der Waals surface area contributed by atoms with E-state index in [0.29, 0.717) is 17.2 Å². The Balaban J connectivity index is 1.85. The van der Waals surface area contributed by atoms with E-state index >= 15 is 0 Å². The van der Waals surface area contributed by atoms with E-state index in [1.807, 2.05) is 38.1 Å². The average Bonchev–Trinajstić information content (AvgIpc) is 3.12. The predicted molar refractivity (Wildman–Crippen MR) is 113 cm³/mol. The number of anilines is 1. The van der Waals surface area contributed by atoms with Crippen LogP contribution in [0.3, 0.4) is 0 Å². The van der Waals surface area contributed by atoms with Gasteiger partial charge in [0.05, 0.1) is 0 Å². The smallest absolute Gasteiger partial charge is 0.260 e. The van der Waals surface area contributed by atoms with Gasteiger partial charge >= 0.3 is 0 Å². The van der Waals surface area contributed by atoms with E-state index in [1.165, 1.54) is 16.9 Å². The topological polar surface area (TPSA) is 46.1 Å². The number of nitrogens with zero attached hydrogens (tertiary/aromatic N) is 3. The fraction of sp³-hybridized carbons (Fsp3) is 0.318. The summed E-state index contributed by atoms with van der Waals surface area (Å²) in [5.74, 6) is -0.0525. The number of rotatable bonds is 4. The summed E-state index contributed by atoms with van der Waals surface area (Å²) >= 11 is 1.44. The zero-order valence-corrected chi connectivity index (χ0v) is 17.3. The Morgan fingerprint density at radius 2 is 1.63 bits per heavy atom. The van der Waals surface area contributed by atoms with Gasteiger partial charge in [-0.15, -0.1) is 10.2 Å². The lowest BCUT2D eigenvalue weighted by Gasteiger charge is -2.18. The summed E-state index contributed by atoms with van der Waals surface area (Å²) in [5.41, 5.74) is 4.20. The SMILES string of the molecule is CCN(C(=O)c1ccc(C)cc1)c1nnc(-c2ccc(C(C)(C)C)cc2)s1. The van der Waals surface area contributed by atoms with Gasteiger partial charge in [0.1, 0.15) is 5.01 Å². The van der Waals surface area contributed by atoms with E-state index in [2.05, 4.69) is 55.2 Å². The van der Waals surface area contributed by atoms with Crippen LogP contribution in [0.5, 0.6) is 0 Å². The van der Waals surface area contributed by atoms with Crippen molar-refractivity contribution in [2.75, 3.05) is 11.4 Å². The van der Waals surface area contributed by atoms with E-state index in [9.17, 15) is 4.79 Å². The van der Waals surface area contributed by atoms with Gasteiger partial charge in [0.15, 0.2) is 0 Å². The lowest BCUT2D eigenvalue weighted by molar-refractivity contribution is 0.0988. The molecule has 0 saturated heterocycles. The van der Waals surface area contributed by atoms with Gasteiger partial charge in [0.25, 0.3) is 5.91 Å². The highest BCUT2D eigenvalue weighted by molar-refractivity contribution is 7.18.